The van der Waals surface area contributed by atoms with Gasteiger partial charge < -0.3 is 13.3 Å². The molecule has 0 aromatic rings. The van der Waals surface area contributed by atoms with Gasteiger partial charge >= 0.3 is 8.80 Å². The highest BCUT2D eigenvalue weighted by molar-refractivity contribution is 6.66. The Balaban J connectivity index is 4.16. The van der Waals surface area contributed by atoms with E-state index in [9.17, 15) is 0 Å². The minimum atomic E-state index is -2.62. The van der Waals surface area contributed by atoms with Crippen molar-refractivity contribution in [3.05, 3.63) is 12.3 Å². The van der Waals surface area contributed by atoms with Gasteiger partial charge in [-0.2, -0.15) is 0 Å². The van der Waals surface area contributed by atoms with Crippen molar-refractivity contribution in [1.82, 2.24) is 0 Å². The molecule has 0 bridgehead atoms. The van der Waals surface area contributed by atoms with Crippen LogP contribution in [0.1, 0.15) is 20.8 Å². The molecule has 0 atom stereocenters. The zero-order valence-corrected chi connectivity index (χ0v) is 9.00. The van der Waals surface area contributed by atoms with Crippen LogP contribution in [0.2, 0.25) is 0 Å². The molecule has 3 nitrogen and oxygen atoms in total. The topological polar surface area (TPSA) is 27.7 Å². The van der Waals surface area contributed by atoms with Crippen molar-refractivity contribution in [3.8, 4) is 0 Å². The second-order valence-corrected chi connectivity index (χ2v) is 4.48. The van der Waals surface area contributed by atoms with E-state index in [0.717, 1.165) is 0 Å². The number of hydrogen-bond donors (Lipinski definition) is 0. The minimum Gasteiger partial charge on any atom is -0.368 e. The van der Waals surface area contributed by atoms with Gasteiger partial charge in [0.05, 0.1) is 0 Å². The van der Waals surface area contributed by atoms with Crippen LogP contribution in [-0.4, -0.2) is 28.6 Å². The van der Waals surface area contributed by atoms with E-state index in [1.54, 1.807) is 0 Å². The molecule has 0 aliphatic heterocycles. The molecule has 0 unspecified atom stereocenters. The lowest BCUT2D eigenvalue weighted by Gasteiger charge is -2.21. The molecule has 0 aliphatic rings. The van der Waals surface area contributed by atoms with Crippen LogP contribution < -0.4 is 0 Å². The van der Waals surface area contributed by atoms with Crippen molar-refractivity contribution in [2.75, 3.05) is 19.8 Å². The summed E-state index contributed by atoms with van der Waals surface area (Å²) in [4.78, 5) is 0. The van der Waals surface area contributed by atoms with E-state index >= 15 is 0 Å². The van der Waals surface area contributed by atoms with Crippen molar-refractivity contribution in [2.45, 2.75) is 20.8 Å². The number of rotatable bonds is 7. The van der Waals surface area contributed by atoms with Crippen molar-refractivity contribution < 1.29 is 13.3 Å². The highest BCUT2D eigenvalue weighted by Crippen LogP contribution is 2.10. The van der Waals surface area contributed by atoms with Gasteiger partial charge in [0.25, 0.3) is 0 Å². The molecule has 0 amide bonds. The van der Waals surface area contributed by atoms with Crippen molar-refractivity contribution in [2.24, 2.45) is 0 Å². The van der Waals surface area contributed by atoms with E-state index < -0.39 is 8.80 Å². The summed E-state index contributed by atoms with van der Waals surface area (Å²) in [6, 6.07) is 0. The molecule has 0 heterocycles. The third-order valence-electron chi connectivity index (χ3n) is 1.24. The minimum absolute atomic E-state index is 0.555. The lowest BCUT2D eigenvalue weighted by molar-refractivity contribution is 0.0843. The second kappa shape index (κ2) is 6.28. The molecular formula is C8H17O3Si+. The van der Waals surface area contributed by atoms with E-state index in [1.165, 1.54) is 5.70 Å². The molecule has 0 saturated carbocycles. The molecule has 70 valence electrons. The maximum Gasteiger partial charge on any atom is 0.584 e. The highest BCUT2D eigenvalue weighted by atomic mass is 28.4. The number of hydrogen-bond acceptors (Lipinski definition) is 3. The van der Waals surface area contributed by atoms with Gasteiger partial charge in [-0.15, -0.1) is 0 Å². The quantitative estimate of drug-likeness (QED) is 0.449. The van der Waals surface area contributed by atoms with E-state index in [-0.39, 0.29) is 0 Å². The smallest absolute Gasteiger partial charge is 0.368 e. The molecule has 0 aromatic heterocycles. The third kappa shape index (κ3) is 3.43. The van der Waals surface area contributed by atoms with Gasteiger partial charge in [-0.05, 0) is 20.8 Å². The van der Waals surface area contributed by atoms with Crippen LogP contribution in [0, 0.1) is 6.58 Å². The summed E-state index contributed by atoms with van der Waals surface area (Å²) < 4.78 is 16.1. The Labute approximate surface area is 75.7 Å². The summed E-state index contributed by atoms with van der Waals surface area (Å²) in [6.45, 7) is 12.8. The molecule has 0 rings (SSSR count). The first kappa shape index (κ1) is 11.7. The molecule has 0 N–H and O–H groups in total. The lowest BCUT2D eigenvalue weighted by atomic mass is 10.9. The zero-order valence-electron chi connectivity index (χ0n) is 8.00. The third-order valence-corrected chi connectivity index (χ3v) is 3.72. The Kier molecular flexibility index (Phi) is 6.15. The van der Waals surface area contributed by atoms with Crippen LogP contribution in [-0.2, 0) is 13.3 Å². The molecule has 0 saturated heterocycles. The Bertz CT molecular complexity index is 110. The SMILES string of the molecule is [CH+]=C[Si](OCC)(OCC)OCC. The fourth-order valence-electron chi connectivity index (χ4n) is 0.873. The molecule has 0 aromatic carbocycles. The standard InChI is InChI=1S/C8H17O3Si/c1-5-9-12(8-4,10-6-2)11-7-3/h4,8H,5-7H2,1-3H3/q+1. The monoisotopic (exact) mass is 189 g/mol. The molecular weight excluding hydrogens is 172 g/mol. The van der Waals surface area contributed by atoms with Gasteiger partial charge in [-0.25, -0.2) is 0 Å². The predicted octanol–water partition coefficient (Wildman–Crippen LogP) is 1.56. The first-order chi connectivity index (χ1) is 5.74. The second-order valence-electron chi connectivity index (χ2n) is 2.07. The normalized spacial score (nSPS) is 11.5. The molecule has 0 fully saturated rings. The molecule has 12 heavy (non-hydrogen) atoms. The van der Waals surface area contributed by atoms with Gasteiger partial charge in [0.2, 0.25) is 12.3 Å². The zero-order chi connectivity index (χ0) is 9.45. The van der Waals surface area contributed by atoms with Crippen LogP contribution in [0.3, 0.4) is 0 Å². The lowest BCUT2D eigenvalue weighted by Crippen LogP contribution is -2.44. The first-order valence-corrected chi connectivity index (χ1v) is 6.02. The molecule has 0 spiro atoms. The summed E-state index contributed by atoms with van der Waals surface area (Å²) in [5.41, 5.74) is 1.42. The largest absolute Gasteiger partial charge is 0.584 e. The summed E-state index contributed by atoms with van der Waals surface area (Å²) >= 11 is 0. The van der Waals surface area contributed by atoms with E-state index in [4.69, 9.17) is 19.9 Å². The molecule has 0 radical (unpaired) electrons. The van der Waals surface area contributed by atoms with Crippen molar-refractivity contribution in [3.63, 3.8) is 0 Å². The molecule has 4 heteroatoms. The van der Waals surface area contributed by atoms with E-state index in [2.05, 4.69) is 0 Å². The Hall–Kier alpha value is -0.253. The maximum absolute atomic E-state index is 5.43. The fourth-order valence-corrected chi connectivity index (χ4v) is 2.62. The van der Waals surface area contributed by atoms with Crippen LogP contribution >= 0.6 is 0 Å². The highest BCUT2D eigenvalue weighted by Gasteiger charge is 2.42. The Morgan fingerprint density at radius 1 is 1.00 bits per heavy atom. The van der Waals surface area contributed by atoms with Gasteiger partial charge in [-0.3, -0.25) is 0 Å². The average molecular weight is 189 g/mol. The van der Waals surface area contributed by atoms with Crippen molar-refractivity contribution in [1.29, 1.82) is 0 Å². The summed E-state index contributed by atoms with van der Waals surface area (Å²) in [6.07, 6.45) is 0. The van der Waals surface area contributed by atoms with Crippen LogP contribution in [0.5, 0.6) is 0 Å². The Morgan fingerprint density at radius 3 is 1.50 bits per heavy atom. The van der Waals surface area contributed by atoms with Gasteiger partial charge in [0.1, 0.15) is 0 Å². The molecule has 0 aliphatic carbocycles. The predicted molar refractivity (Wildman–Crippen MR) is 49.5 cm³/mol. The maximum atomic E-state index is 5.43. The van der Waals surface area contributed by atoms with Crippen LogP contribution in [0.25, 0.3) is 0 Å². The summed E-state index contributed by atoms with van der Waals surface area (Å²) in [7, 11) is -2.62. The van der Waals surface area contributed by atoms with Gasteiger partial charge in [-0.1, -0.05) is 0 Å². The summed E-state index contributed by atoms with van der Waals surface area (Å²) in [5, 5.41) is 0. The summed E-state index contributed by atoms with van der Waals surface area (Å²) in [5.74, 6) is 0. The van der Waals surface area contributed by atoms with E-state index in [1.807, 2.05) is 20.8 Å². The average Bonchev–Trinajstić information content (AvgIpc) is 2.06. The first-order valence-electron chi connectivity index (χ1n) is 4.22. The fraction of sp³-hybridized carbons (Fsp3) is 0.750. The Morgan fingerprint density at radius 2 is 1.33 bits per heavy atom. The van der Waals surface area contributed by atoms with Crippen LogP contribution in [0.4, 0.5) is 0 Å². The van der Waals surface area contributed by atoms with Gasteiger partial charge in [0.15, 0.2) is 0 Å². The van der Waals surface area contributed by atoms with Gasteiger partial charge in [0, 0.05) is 19.8 Å². The van der Waals surface area contributed by atoms with E-state index in [0.29, 0.717) is 19.8 Å². The van der Waals surface area contributed by atoms with Crippen LogP contribution in [0.15, 0.2) is 5.70 Å². The van der Waals surface area contributed by atoms with Crippen molar-refractivity contribution >= 4 is 8.80 Å².